The van der Waals surface area contributed by atoms with Crippen LogP contribution in [0.1, 0.15) is 75.8 Å². The maximum absolute atomic E-state index is 13.7. The van der Waals surface area contributed by atoms with Crippen LogP contribution in [0, 0.1) is 17.3 Å². The van der Waals surface area contributed by atoms with E-state index in [4.69, 9.17) is 9.47 Å². The minimum Gasteiger partial charge on any atom is -0.461 e. The minimum absolute atomic E-state index is 0.0135. The van der Waals surface area contributed by atoms with Crippen LogP contribution >= 0.6 is 0 Å². The van der Waals surface area contributed by atoms with Crippen LogP contribution in [0.4, 0.5) is 0 Å². The Hall–Kier alpha value is -3.41. The van der Waals surface area contributed by atoms with Gasteiger partial charge < -0.3 is 14.8 Å². The lowest BCUT2D eigenvalue weighted by Crippen LogP contribution is -2.47. The van der Waals surface area contributed by atoms with E-state index < -0.39 is 5.41 Å². The number of rotatable bonds is 12. The molecule has 0 aliphatic heterocycles. The molecule has 4 rings (SSSR count). The molecule has 1 saturated carbocycles. The molecule has 2 aromatic carbocycles. The van der Waals surface area contributed by atoms with E-state index in [1.807, 2.05) is 60.7 Å². The quantitative estimate of drug-likeness (QED) is 0.257. The Kier molecular flexibility index (Phi) is 10.3. The topological polar surface area (TPSA) is 81.7 Å². The SMILES string of the molecule is CCCC(CC1(C(=O)N[C@H]2CC[C@@H](C(=O)OCc3ccccc3)CC2)CC=CC1)C(=O)OCc1ccccc1. The van der Waals surface area contributed by atoms with Gasteiger partial charge in [-0.1, -0.05) is 86.2 Å². The normalized spacial score (nSPS) is 20.6. The van der Waals surface area contributed by atoms with Gasteiger partial charge >= 0.3 is 11.9 Å². The fraction of sp³-hybridized carbons (Fsp3) is 0.485. The maximum Gasteiger partial charge on any atom is 0.309 e. The van der Waals surface area contributed by atoms with E-state index in [0.29, 0.717) is 45.1 Å². The summed E-state index contributed by atoms with van der Waals surface area (Å²) in [7, 11) is 0. The minimum atomic E-state index is -0.628. The second-order valence-electron chi connectivity index (χ2n) is 11.1. The first kappa shape index (κ1) is 28.6. The van der Waals surface area contributed by atoms with E-state index in [9.17, 15) is 14.4 Å². The van der Waals surface area contributed by atoms with Crippen molar-refractivity contribution in [1.29, 1.82) is 0 Å². The fourth-order valence-corrected chi connectivity index (χ4v) is 5.77. The van der Waals surface area contributed by atoms with Crippen LogP contribution in [0.15, 0.2) is 72.8 Å². The van der Waals surface area contributed by atoms with Crippen LogP contribution < -0.4 is 5.32 Å². The molecule has 0 heterocycles. The van der Waals surface area contributed by atoms with Gasteiger partial charge in [0.1, 0.15) is 13.2 Å². The van der Waals surface area contributed by atoms with Crippen molar-refractivity contribution in [3.63, 3.8) is 0 Å². The molecular formula is C33H41NO5. The molecule has 6 nitrogen and oxygen atoms in total. The predicted octanol–water partition coefficient (Wildman–Crippen LogP) is 6.29. The van der Waals surface area contributed by atoms with Crippen LogP contribution in [0.3, 0.4) is 0 Å². The molecule has 0 saturated heterocycles. The van der Waals surface area contributed by atoms with Gasteiger partial charge in [-0.05, 0) is 62.5 Å². The summed E-state index contributed by atoms with van der Waals surface area (Å²) in [4.78, 5) is 39.3. The number of allylic oxidation sites excluding steroid dienone is 2. The Bertz CT molecular complexity index is 1100. The molecule has 0 radical (unpaired) electrons. The zero-order valence-corrected chi connectivity index (χ0v) is 23.0. The highest BCUT2D eigenvalue weighted by molar-refractivity contribution is 5.85. The fourth-order valence-electron chi connectivity index (χ4n) is 5.77. The van der Waals surface area contributed by atoms with Gasteiger partial charge in [-0.15, -0.1) is 0 Å². The third-order valence-corrected chi connectivity index (χ3v) is 8.12. The number of amides is 1. The number of benzene rings is 2. The molecule has 2 aliphatic rings. The molecule has 208 valence electrons. The van der Waals surface area contributed by atoms with Crippen LogP contribution in [-0.2, 0) is 37.1 Å². The van der Waals surface area contributed by atoms with Crippen molar-refractivity contribution in [3.05, 3.63) is 83.9 Å². The molecule has 6 heteroatoms. The number of hydrogen-bond acceptors (Lipinski definition) is 5. The molecule has 2 aliphatic carbocycles. The van der Waals surface area contributed by atoms with Crippen LogP contribution in [0.5, 0.6) is 0 Å². The highest BCUT2D eigenvalue weighted by Gasteiger charge is 2.43. The van der Waals surface area contributed by atoms with Gasteiger partial charge in [0.25, 0.3) is 0 Å². The summed E-state index contributed by atoms with van der Waals surface area (Å²) < 4.78 is 11.2. The first-order chi connectivity index (χ1) is 19.0. The molecule has 39 heavy (non-hydrogen) atoms. The van der Waals surface area contributed by atoms with Crippen molar-refractivity contribution < 1.29 is 23.9 Å². The number of ether oxygens (including phenoxy) is 2. The molecule has 1 unspecified atom stereocenters. The van der Waals surface area contributed by atoms with E-state index in [-0.39, 0.29) is 42.3 Å². The van der Waals surface area contributed by atoms with Crippen molar-refractivity contribution in [2.45, 2.75) is 84.0 Å². The number of carbonyl (C=O) groups excluding carboxylic acids is 3. The van der Waals surface area contributed by atoms with Gasteiger partial charge in [0.15, 0.2) is 0 Å². The lowest BCUT2D eigenvalue weighted by molar-refractivity contribution is -0.152. The van der Waals surface area contributed by atoms with E-state index >= 15 is 0 Å². The molecule has 0 aromatic heterocycles. The third-order valence-electron chi connectivity index (χ3n) is 8.12. The first-order valence-corrected chi connectivity index (χ1v) is 14.4. The standard InChI is InChI=1S/C33H41NO5/c1-2-11-28(31(36)39-24-26-14-7-4-8-15-26)22-33(20-9-10-21-33)32(37)34-29-18-16-27(17-19-29)30(35)38-23-25-12-5-3-6-13-25/h3-10,12-15,27-29H,2,11,16-24H2,1H3,(H,34,37)/t27-,28?,29+. The molecule has 1 N–H and O–H groups in total. The van der Waals surface area contributed by atoms with Gasteiger partial charge in [0.05, 0.1) is 17.3 Å². The smallest absolute Gasteiger partial charge is 0.309 e. The predicted molar refractivity (Wildman–Crippen MR) is 150 cm³/mol. The number of hydrogen-bond donors (Lipinski definition) is 1. The van der Waals surface area contributed by atoms with Crippen LogP contribution in [0.2, 0.25) is 0 Å². The first-order valence-electron chi connectivity index (χ1n) is 14.4. The van der Waals surface area contributed by atoms with Crippen molar-refractivity contribution in [2.24, 2.45) is 17.3 Å². The van der Waals surface area contributed by atoms with E-state index in [2.05, 4.69) is 24.4 Å². The van der Waals surface area contributed by atoms with E-state index in [1.54, 1.807) is 0 Å². The summed E-state index contributed by atoms with van der Waals surface area (Å²) in [6, 6.07) is 19.4. The Morgan fingerprint density at radius 3 is 1.97 bits per heavy atom. The summed E-state index contributed by atoms with van der Waals surface area (Å²) in [5.74, 6) is -0.817. The van der Waals surface area contributed by atoms with Crippen molar-refractivity contribution >= 4 is 17.8 Å². The third kappa shape index (κ3) is 8.04. The second kappa shape index (κ2) is 14.1. The summed E-state index contributed by atoms with van der Waals surface area (Å²) in [6.45, 7) is 2.59. The van der Waals surface area contributed by atoms with E-state index in [0.717, 1.165) is 30.4 Å². The van der Waals surface area contributed by atoms with Crippen molar-refractivity contribution in [3.8, 4) is 0 Å². The summed E-state index contributed by atoms with van der Waals surface area (Å²) in [6.07, 6.45) is 10.3. The number of carbonyl (C=O) groups is 3. The highest BCUT2D eigenvalue weighted by atomic mass is 16.5. The Balaban J connectivity index is 1.28. The molecule has 0 bridgehead atoms. The average molecular weight is 532 g/mol. The number of nitrogens with one attached hydrogen (secondary N) is 1. The Morgan fingerprint density at radius 1 is 0.846 bits per heavy atom. The van der Waals surface area contributed by atoms with Crippen LogP contribution in [-0.4, -0.2) is 23.9 Å². The zero-order chi connectivity index (χ0) is 27.5. The Morgan fingerprint density at radius 2 is 1.41 bits per heavy atom. The largest absolute Gasteiger partial charge is 0.461 e. The highest BCUT2D eigenvalue weighted by Crippen LogP contribution is 2.41. The average Bonchev–Trinajstić information content (AvgIpc) is 3.46. The van der Waals surface area contributed by atoms with Gasteiger partial charge in [-0.2, -0.15) is 0 Å². The lowest BCUT2D eigenvalue weighted by atomic mass is 9.74. The summed E-state index contributed by atoms with van der Waals surface area (Å²) >= 11 is 0. The second-order valence-corrected chi connectivity index (χ2v) is 11.1. The van der Waals surface area contributed by atoms with Gasteiger partial charge in [-0.25, -0.2) is 0 Å². The van der Waals surface area contributed by atoms with Gasteiger partial charge in [0.2, 0.25) is 5.91 Å². The molecule has 2 aromatic rings. The zero-order valence-electron chi connectivity index (χ0n) is 23.0. The number of esters is 2. The lowest BCUT2D eigenvalue weighted by Gasteiger charge is -2.35. The maximum atomic E-state index is 13.7. The van der Waals surface area contributed by atoms with E-state index in [1.165, 1.54) is 0 Å². The van der Waals surface area contributed by atoms with Gasteiger partial charge in [-0.3, -0.25) is 14.4 Å². The van der Waals surface area contributed by atoms with Crippen LogP contribution in [0.25, 0.3) is 0 Å². The summed E-state index contributed by atoms with van der Waals surface area (Å²) in [5, 5.41) is 3.28. The molecule has 0 spiro atoms. The van der Waals surface area contributed by atoms with Crippen molar-refractivity contribution in [1.82, 2.24) is 5.32 Å². The monoisotopic (exact) mass is 531 g/mol. The van der Waals surface area contributed by atoms with Crippen molar-refractivity contribution in [2.75, 3.05) is 0 Å². The molecule has 1 atom stereocenters. The molecule has 1 amide bonds. The molecule has 1 fully saturated rings. The molecular weight excluding hydrogens is 490 g/mol. The van der Waals surface area contributed by atoms with Gasteiger partial charge in [0, 0.05) is 6.04 Å². The Labute approximate surface area is 232 Å². The summed E-state index contributed by atoms with van der Waals surface area (Å²) in [5.41, 5.74) is 1.31.